The van der Waals surface area contributed by atoms with Crippen molar-refractivity contribution in [2.45, 2.75) is 33.4 Å². The highest BCUT2D eigenvalue weighted by Crippen LogP contribution is 2.16. The quantitative estimate of drug-likeness (QED) is 0.937. The summed E-state index contributed by atoms with van der Waals surface area (Å²) in [6.07, 6.45) is 3.75. The van der Waals surface area contributed by atoms with E-state index in [4.69, 9.17) is 0 Å². The molecule has 0 amide bonds. The third kappa shape index (κ3) is 3.21. The number of hydrogen-bond acceptors (Lipinski definition) is 2. The van der Waals surface area contributed by atoms with Crippen LogP contribution in [0.4, 0.5) is 0 Å². The molecule has 2 rings (SSSR count). The van der Waals surface area contributed by atoms with Gasteiger partial charge in [0.15, 0.2) is 0 Å². The van der Waals surface area contributed by atoms with Crippen molar-refractivity contribution in [1.82, 2.24) is 15.1 Å². The van der Waals surface area contributed by atoms with Crippen LogP contribution in [0.3, 0.4) is 0 Å². The first-order chi connectivity index (χ1) is 8.56. The molecule has 4 heteroatoms. The standard InChI is InChI=1S/C14H18BrN3/c1-10(2)16-7-12-4-5-14(6-11(12)3)18-9-13(15)8-17-18/h4-6,8-10,16H,7H2,1-3H3. The van der Waals surface area contributed by atoms with Crippen LogP contribution in [0.25, 0.3) is 5.69 Å². The van der Waals surface area contributed by atoms with Crippen LogP contribution in [0, 0.1) is 6.92 Å². The summed E-state index contributed by atoms with van der Waals surface area (Å²) in [7, 11) is 0. The minimum absolute atomic E-state index is 0.506. The van der Waals surface area contributed by atoms with Crippen molar-refractivity contribution in [2.24, 2.45) is 0 Å². The maximum absolute atomic E-state index is 4.29. The number of nitrogens with one attached hydrogen (secondary N) is 1. The Morgan fingerprint density at radius 3 is 2.72 bits per heavy atom. The zero-order valence-corrected chi connectivity index (χ0v) is 12.5. The van der Waals surface area contributed by atoms with E-state index in [-0.39, 0.29) is 0 Å². The average molecular weight is 308 g/mol. The van der Waals surface area contributed by atoms with Crippen LogP contribution < -0.4 is 5.32 Å². The first-order valence-electron chi connectivity index (χ1n) is 6.09. The van der Waals surface area contributed by atoms with Crippen molar-refractivity contribution < 1.29 is 0 Å². The number of nitrogens with zero attached hydrogens (tertiary/aromatic N) is 2. The lowest BCUT2D eigenvalue weighted by Gasteiger charge is -2.12. The summed E-state index contributed by atoms with van der Waals surface area (Å²) in [6.45, 7) is 7.36. The molecule has 18 heavy (non-hydrogen) atoms. The Balaban J connectivity index is 2.19. The summed E-state index contributed by atoms with van der Waals surface area (Å²) < 4.78 is 2.86. The van der Waals surface area contributed by atoms with Crippen molar-refractivity contribution in [3.8, 4) is 5.69 Å². The van der Waals surface area contributed by atoms with Gasteiger partial charge in [-0.3, -0.25) is 0 Å². The van der Waals surface area contributed by atoms with Crippen molar-refractivity contribution in [2.75, 3.05) is 0 Å². The second kappa shape index (κ2) is 5.67. The molecule has 1 heterocycles. The SMILES string of the molecule is Cc1cc(-n2cc(Br)cn2)ccc1CNC(C)C. The Labute approximate surface area is 116 Å². The average Bonchev–Trinajstić information content (AvgIpc) is 2.74. The molecule has 0 radical (unpaired) electrons. The van der Waals surface area contributed by atoms with Gasteiger partial charge in [-0.2, -0.15) is 5.10 Å². The minimum atomic E-state index is 0.506. The Morgan fingerprint density at radius 2 is 2.17 bits per heavy atom. The maximum atomic E-state index is 4.29. The summed E-state index contributed by atoms with van der Waals surface area (Å²) >= 11 is 3.41. The van der Waals surface area contributed by atoms with Crippen molar-refractivity contribution >= 4 is 15.9 Å². The molecule has 0 saturated carbocycles. The molecule has 0 unspecified atom stereocenters. The van der Waals surface area contributed by atoms with E-state index >= 15 is 0 Å². The monoisotopic (exact) mass is 307 g/mol. The summed E-state index contributed by atoms with van der Waals surface area (Å²) in [5.41, 5.74) is 3.71. The highest BCUT2D eigenvalue weighted by atomic mass is 79.9. The van der Waals surface area contributed by atoms with Gasteiger partial charge in [0.05, 0.1) is 16.4 Å². The summed E-state index contributed by atoms with van der Waals surface area (Å²) in [5, 5.41) is 7.72. The van der Waals surface area contributed by atoms with Gasteiger partial charge in [0, 0.05) is 18.8 Å². The van der Waals surface area contributed by atoms with Crippen LogP contribution in [-0.2, 0) is 6.54 Å². The lowest BCUT2D eigenvalue weighted by atomic mass is 10.1. The molecule has 0 fully saturated rings. The van der Waals surface area contributed by atoms with Gasteiger partial charge < -0.3 is 5.32 Å². The normalized spacial score (nSPS) is 11.2. The molecule has 0 saturated heterocycles. The first kappa shape index (κ1) is 13.3. The maximum Gasteiger partial charge on any atom is 0.0648 e. The summed E-state index contributed by atoms with van der Waals surface area (Å²) in [6, 6.07) is 6.93. The lowest BCUT2D eigenvalue weighted by Crippen LogP contribution is -2.22. The Morgan fingerprint density at radius 1 is 1.39 bits per heavy atom. The van der Waals surface area contributed by atoms with Gasteiger partial charge in [-0.25, -0.2) is 4.68 Å². The zero-order chi connectivity index (χ0) is 13.1. The Bertz CT molecular complexity index is 532. The molecule has 0 bridgehead atoms. The molecule has 1 aromatic carbocycles. The first-order valence-corrected chi connectivity index (χ1v) is 6.89. The van der Waals surface area contributed by atoms with Crippen LogP contribution in [-0.4, -0.2) is 15.8 Å². The van der Waals surface area contributed by atoms with Gasteiger partial charge >= 0.3 is 0 Å². The smallest absolute Gasteiger partial charge is 0.0648 e. The molecule has 0 spiro atoms. The van der Waals surface area contributed by atoms with Crippen molar-refractivity contribution in [3.63, 3.8) is 0 Å². The predicted octanol–water partition coefficient (Wildman–Crippen LogP) is 3.44. The van der Waals surface area contributed by atoms with Gasteiger partial charge in [0.25, 0.3) is 0 Å². The van der Waals surface area contributed by atoms with E-state index in [1.165, 1.54) is 11.1 Å². The second-order valence-corrected chi connectivity index (χ2v) is 5.67. The predicted molar refractivity (Wildman–Crippen MR) is 78.0 cm³/mol. The number of halogens is 1. The fourth-order valence-corrected chi connectivity index (χ4v) is 2.06. The van der Waals surface area contributed by atoms with E-state index in [2.05, 4.69) is 65.3 Å². The molecule has 1 N–H and O–H groups in total. The molecule has 96 valence electrons. The van der Waals surface area contributed by atoms with E-state index in [1.807, 2.05) is 10.9 Å². The van der Waals surface area contributed by atoms with E-state index in [1.54, 1.807) is 6.20 Å². The molecule has 0 aliphatic carbocycles. The van der Waals surface area contributed by atoms with E-state index in [0.29, 0.717) is 6.04 Å². The molecular weight excluding hydrogens is 290 g/mol. The van der Waals surface area contributed by atoms with Crippen LogP contribution in [0.5, 0.6) is 0 Å². The lowest BCUT2D eigenvalue weighted by molar-refractivity contribution is 0.587. The van der Waals surface area contributed by atoms with Crippen LogP contribution in [0.15, 0.2) is 35.1 Å². The Kier molecular flexibility index (Phi) is 4.19. The van der Waals surface area contributed by atoms with E-state index in [9.17, 15) is 0 Å². The van der Waals surface area contributed by atoms with Crippen LogP contribution >= 0.6 is 15.9 Å². The number of benzene rings is 1. The summed E-state index contributed by atoms with van der Waals surface area (Å²) in [4.78, 5) is 0. The van der Waals surface area contributed by atoms with Crippen LogP contribution in [0.1, 0.15) is 25.0 Å². The molecule has 0 aliphatic rings. The fourth-order valence-electron chi connectivity index (χ4n) is 1.78. The number of aromatic nitrogens is 2. The van der Waals surface area contributed by atoms with Gasteiger partial charge in [-0.15, -0.1) is 0 Å². The minimum Gasteiger partial charge on any atom is -0.310 e. The highest BCUT2D eigenvalue weighted by Gasteiger charge is 2.03. The number of rotatable bonds is 4. The number of aryl methyl sites for hydroxylation is 1. The molecule has 1 aromatic heterocycles. The zero-order valence-electron chi connectivity index (χ0n) is 10.9. The fraction of sp³-hybridized carbons (Fsp3) is 0.357. The van der Waals surface area contributed by atoms with Crippen LogP contribution in [0.2, 0.25) is 0 Å². The van der Waals surface area contributed by atoms with E-state index in [0.717, 1.165) is 16.7 Å². The topological polar surface area (TPSA) is 29.9 Å². The van der Waals surface area contributed by atoms with Gasteiger partial charge in [0.1, 0.15) is 0 Å². The molecule has 0 atom stereocenters. The van der Waals surface area contributed by atoms with E-state index < -0.39 is 0 Å². The molecular formula is C14H18BrN3. The summed E-state index contributed by atoms with van der Waals surface area (Å²) in [5.74, 6) is 0. The molecule has 3 nitrogen and oxygen atoms in total. The second-order valence-electron chi connectivity index (χ2n) is 4.75. The largest absolute Gasteiger partial charge is 0.310 e. The third-order valence-electron chi connectivity index (χ3n) is 2.84. The third-order valence-corrected chi connectivity index (χ3v) is 3.25. The number of hydrogen-bond donors (Lipinski definition) is 1. The van der Waals surface area contributed by atoms with Gasteiger partial charge in [0.2, 0.25) is 0 Å². The molecule has 0 aliphatic heterocycles. The molecule has 2 aromatic rings. The van der Waals surface area contributed by atoms with Crippen molar-refractivity contribution in [3.05, 3.63) is 46.2 Å². The van der Waals surface area contributed by atoms with Gasteiger partial charge in [-0.1, -0.05) is 19.9 Å². The Hall–Kier alpha value is -1.13. The van der Waals surface area contributed by atoms with Crippen molar-refractivity contribution in [1.29, 1.82) is 0 Å². The van der Waals surface area contributed by atoms with Gasteiger partial charge in [-0.05, 0) is 46.1 Å². The highest BCUT2D eigenvalue weighted by molar-refractivity contribution is 9.10.